The van der Waals surface area contributed by atoms with E-state index in [0.29, 0.717) is 5.56 Å². The molecule has 0 saturated carbocycles. The Morgan fingerprint density at radius 3 is 2.30 bits per heavy atom. The van der Waals surface area contributed by atoms with Gasteiger partial charge in [-0.05, 0) is 26.8 Å². The zero-order valence-corrected chi connectivity index (χ0v) is 16.8. The number of aromatic nitrogens is 1. The molecule has 4 N–H and O–H groups in total. The summed E-state index contributed by atoms with van der Waals surface area (Å²) in [7, 11) is 0. The number of ether oxygens (including phenoxy) is 1. The summed E-state index contributed by atoms with van der Waals surface area (Å²) in [4.78, 5) is 16.3. The number of nitrogens with one attached hydrogen (secondary N) is 1. The highest BCUT2D eigenvalue weighted by molar-refractivity contribution is 5.68. The Morgan fingerprint density at radius 1 is 1.19 bits per heavy atom. The van der Waals surface area contributed by atoms with Crippen molar-refractivity contribution in [1.82, 2.24) is 10.3 Å². The van der Waals surface area contributed by atoms with Gasteiger partial charge >= 0.3 is 6.09 Å². The number of aliphatic hydroxyl groups excluding tert-OH is 1. The van der Waals surface area contributed by atoms with Crippen LogP contribution in [0.4, 0.5) is 4.79 Å². The van der Waals surface area contributed by atoms with Gasteiger partial charge in [0, 0.05) is 23.9 Å². The summed E-state index contributed by atoms with van der Waals surface area (Å²) < 4.78 is 5.20. The van der Waals surface area contributed by atoms with Gasteiger partial charge in [0.2, 0.25) is 0 Å². The lowest BCUT2D eigenvalue weighted by Crippen LogP contribution is -2.46. The topological polar surface area (TPSA) is 97.5 Å². The highest BCUT2D eigenvalue weighted by atomic mass is 16.6. The highest BCUT2D eigenvalue weighted by Crippen LogP contribution is 2.21. The summed E-state index contributed by atoms with van der Waals surface area (Å²) in [6.45, 7) is 9.38. The van der Waals surface area contributed by atoms with E-state index < -0.39 is 23.8 Å². The maximum absolute atomic E-state index is 11.9. The normalized spacial score (nSPS) is 13.0. The number of hydrogen-bond acceptors (Lipinski definition) is 5. The second kappa shape index (κ2) is 10.6. The zero-order chi connectivity index (χ0) is 20.4. The molecular weight excluding hydrogens is 342 g/mol. The molecule has 1 heterocycles. The first-order chi connectivity index (χ1) is 12.8. The van der Waals surface area contributed by atoms with Crippen LogP contribution in [0, 0.1) is 0 Å². The van der Waals surface area contributed by atoms with Gasteiger partial charge in [-0.15, -0.1) is 0 Å². The van der Waals surface area contributed by atoms with Gasteiger partial charge in [-0.1, -0.05) is 50.2 Å². The molecule has 0 aliphatic rings. The monoisotopic (exact) mass is 373 g/mol. The van der Waals surface area contributed by atoms with Crippen molar-refractivity contribution in [2.24, 2.45) is 5.73 Å². The molecule has 2 rings (SSSR count). The van der Waals surface area contributed by atoms with Crippen LogP contribution in [0.3, 0.4) is 0 Å². The predicted molar refractivity (Wildman–Crippen MR) is 108 cm³/mol. The number of nitrogens with zero attached hydrogens (tertiary/aromatic N) is 1. The number of nitrogens with two attached hydrogens (primary N) is 1. The number of hydrogen-bond donors (Lipinski definition) is 3. The summed E-state index contributed by atoms with van der Waals surface area (Å²) in [5, 5.41) is 13.1. The molecule has 0 radical (unpaired) electrons. The van der Waals surface area contributed by atoms with Crippen LogP contribution in [0.15, 0.2) is 48.7 Å². The number of pyridine rings is 1. The molecule has 2 aromatic rings. The number of rotatable bonds is 5. The van der Waals surface area contributed by atoms with Crippen LogP contribution >= 0.6 is 0 Å². The number of aliphatic hydroxyl groups is 1. The second-order valence-corrected chi connectivity index (χ2v) is 6.78. The van der Waals surface area contributed by atoms with E-state index in [2.05, 4.69) is 10.3 Å². The van der Waals surface area contributed by atoms with Gasteiger partial charge in [0.1, 0.15) is 11.7 Å². The van der Waals surface area contributed by atoms with Crippen LogP contribution in [-0.4, -0.2) is 34.4 Å². The summed E-state index contributed by atoms with van der Waals surface area (Å²) in [6.07, 6.45) is -0.00222. The lowest BCUT2D eigenvalue weighted by molar-refractivity contribution is 0.0427. The van der Waals surface area contributed by atoms with Crippen LogP contribution in [0.1, 0.15) is 46.3 Å². The van der Waals surface area contributed by atoms with Crippen LogP contribution in [0.25, 0.3) is 11.3 Å². The molecule has 27 heavy (non-hydrogen) atoms. The number of benzene rings is 1. The number of alkyl carbamates (subject to hydrolysis) is 1. The van der Waals surface area contributed by atoms with Crippen LogP contribution in [-0.2, 0) is 4.74 Å². The van der Waals surface area contributed by atoms with Gasteiger partial charge in [-0.2, -0.15) is 0 Å². The van der Waals surface area contributed by atoms with Gasteiger partial charge in [0.05, 0.1) is 11.7 Å². The highest BCUT2D eigenvalue weighted by Gasteiger charge is 2.25. The smallest absolute Gasteiger partial charge is 0.408 e. The Hall–Kier alpha value is -2.44. The average Bonchev–Trinajstić information content (AvgIpc) is 2.66. The van der Waals surface area contributed by atoms with E-state index in [1.165, 1.54) is 0 Å². The standard InChI is InChI=1S/C19H25N3O3.C2H6/c1-19(2,3)25-18(24)22-16(11-20)17(23)14-9-10-15(21-12-14)13-7-5-4-6-8-13;1-2/h4-10,12,16-17,23H,11,20H2,1-3H3,(H,22,24);1-2H3. The fourth-order valence-electron chi connectivity index (χ4n) is 2.32. The number of carbonyl (C=O) groups is 1. The average molecular weight is 373 g/mol. The molecule has 0 aliphatic carbocycles. The van der Waals surface area contributed by atoms with Gasteiger partial charge in [-0.25, -0.2) is 4.79 Å². The molecule has 0 saturated heterocycles. The van der Waals surface area contributed by atoms with Crippen molar-refractivity contribution >= 4 is 6.09 Å². The minimum Gasteiger partial charge on any atom is -0.444 e. The Balaban J connectivity index is 0.00000176. The molecule has 1 amide bonds. The predicted octanol–water partition coefficient (Wildman–Crippen LogP) is 3.66. The first kappa shape index (κ1) is 22.6. The summed E-state index contributed by atoms with van der Waals surface area (Å²) in [5.74, 6) is 0. The van der Waals surface area contributed by atoms with Crippen molar-refractivity contribution in [3.8, 4) is 11.3 Å². The molecule has 0 spiro atoms. The maximum Gasteiger partial charge on any atom is 0.408 e. The second-order valence-electron chi connectivity index (χ2n) is 6.78. The van der Waals surface area contributed by atoms with Crippen molar-refractivity contribution in [2.45, 2.75) is 52.4 Å². The summed E-state index contributed by atoms with van der Waals surface area (Å²) >= 11 is 0. The first-order valence-electron chi connectivity index (χ1n) is 9.19. The largest absolute Gasteiger partial charge is 0.444 e. The Kier molecular flexibility index (Phi) is 8.91. The fourth-order valence-corrected chi connectivity index (χ4v) is 2.32. The van der Waals surface area contributed by atoms with E-state index in [1.54, 1.807) is 33.0 Å². The van der Waals surface area contributed by atoms with Crippen LogP contribution < -0.4 is 11.1 Å². The fraction of sp³-hybridized carbons (Fsp3) is 0.429. The van der Waals surface area contributed by atoms with Gasteiger partial charge in [-0.3, -0.25) is 4.98 Å². The molecule has 1 aromatic carbocycles. The summed E-state index contributed by atoms with van der Waals surface area (Å²) in [5.41, 5.74) is 7.45. The molecule has 2 atom stereocenters. The van der Waals surface area contributed by atoms with E-state index >= 15 is 0 Å². The molecule has 2 unspecified atom stereocenters. The van der Waals surface area contributed by atoms with E-state index in [-0.39, 0.29) is 6.54 Å². The van der Waals surface area contributed by atoms with Gasteiger partial charge < -0.3 is 20.9 Å². The third-order valence-electron chi connectivity index (χ3n) is 3.53. The third kappa shape index (κ3) is 7.37. The molecule has 0 aliphatic heterocycles. The van der Waals surface area contributed by atoms with Gasteiger partial charge in [0.25, 0.3) is 0 Å². The van der Waals surface area contributed by atoms with E-state index in [0.717, 1.165) is 11.3 Å². The van der Waals surface area contributed by atoms with Gasteiger partial charge in [0.15, 0.2) is 0 Å². The van der Waals surface area contributed by atoms with Crippen LogP contribution in [0.5, 0.6) is 0 Å². The molecule has 1 aromatic heterocycles. The van der Waals surface area contributed by atoms with E-state index in [1.807, 2.05) is 50.2 Å². The van der Waals surface area contributed by atoms with Crippen molar-refractivity contribution in [1.29, 1.82) is 0 Å². The molecule has 0 bridgehead atoms. The van der Waals surface area contributed by atoms with Crippen molar-refractivity contribution < 1.29 is 14.6 Å². The molecule has 6 nitrogen and oxygen atoms in total. The number of carbonyl (C=O) groups excluding carboxylic acids is 1. The van der Waals surface area contributed by atoms with Crippen LogP contribution in [0.2, 0.25) is 0 Å². The quantitative estimate of drug-likeness (QED) is 0.743. The minimum absolute atomic E-state index is 0.0703. The third-order valence-corrected chi connectivity index (χ3v) is 3.53. The Morgan fingerprint density at radius 2 is 1.81 bits per heavy atom. The molecule has 148 valence electrons. The summed E-state index contributed by atoms with van der Waals surface area (Å²) in [6, 6.07) is 12.7. The minimum atomic E-state index is -0.977. The Labute approximate surface area is 161 Å². The SMILES string of the molecule is CC.CC(C)(C)OC(=O)NC(CN)C(O)c1ccc(-c2ccccc2)nc1. The van der Waals surface area contributed by atoms with Crippen molar-refractivity contribution in [3.05, 3.63) is 54.2 Å². The van der Waals surface area contributed by atoms with Crippen molar-refractivity contribution in [3.63, 3.8) is 0 Å². The lowest BCUT2D eigenvalue weighted by Gasteiger charge is -2.26. The zero-order valence-electron chi connectivity index (χ0n) is 16.8. The number of amides is 1. The van der Waals surface area contributed by atoms with E-state index in [9.17, 15) is 9.90 Å². The van der Waals surface area contributed by atoms with E-state index in [4.69, 9.17) is 10.5 Å². The lowest BCUT2D eigenvalue weighted by atomic mass is 10.0. The maximum atomic E-state index is 11.9. The Bertz CT molecular complexity index is 682. The van der Waals surface area contributed by atoms with Crippen molar-refractivity contribution in [2.75, 3.05) is 6.54 Å². The molecular formula is C21H31N3O3. The molecule has 0 fully saturated rings. The molecule has 6 heteroatoms. The first-order valence-corrected chi connectivity index (χ1v) is 9.19.